The van der Waals surface area contributed by atoms with E-state index in [1.165, 1.54) is 12.3 Å². The van der Waals surface area contributed by atoms with Crippen LogP contribution in [0.3, 0.4) is 0 Å². The molecule has 25 heavy (non-hydrogen) atoms. The second-order valence-electron chi connectivity index (χ2n) is 5.65. The number of hydrogen-bond acceptors (Lipinski definition) is 6. The molecule has 1 amide bonds. The van der Waals surface area contributed by atoms with Crippen LogP contribution in [-0.4, -0.2) is 43.0 Å². The first-order valence-corrected chi connectivity index (χ1v) is 7.83. The summed E-state index contributed by atoms with van der Waals surface area (Å²) in [5.74, 6) is 0.228. The van der Waals surface area contributed by atoms with E-state index in [1.807, 2.05) is 32.0 Å². The number of likely N-dealkylation sites (N-methyl/N-ethyl adjacent to an activating group) is 1. The highest BCUT2D eigenvalue weighted by atomic mass is 16.5. The number of amides is 1. The molecule has 0 aliphatic carbocycles. The maximum Gasteiger partial charge on any atom is 0.248 e. The second-order valence-corrected chi connectivity index (χ2v) is 5.65. The number of benzene rings is 1. The first-order chi connectivity index (χ1) is 12.0. The summed E-state index contributed by atoms with van der Waals surface area (Å²) in [5.41, 5.74) is 7.73. The van der Waals surface area contributed by atoms with Crippen LogP contribution in [0.2, 0.25) is 0 Å². The van der Waals surface area contributed by atoms with Gasteiger partial charge < -0.3 is 20.7 Å². The van der Waals surface area contributed by atoms with Gasteiger partial charge >= 0.3 is 0 Å². The number of ether oxygens (including phenoxy) is 1. The summed E-state index contributed by atoms with van der Waals surface area (Å²) in [6, 6.07) is 5.39. The van der Waals surface area contributed by atoms with Gasteiger partial charge in [-0.15, -0.1) is 0 Å². The summed E-state index contributed by atoms with van der Waals surface area (Å²) in [7, 11) is 3.84. The van der Waals surface area contributed by atoms with Crippen LogP contribution in [0.5, 0.6) is 5.75 Å². The van der Waals surface area contributed by atoms with Gasteiger partial charge in [0, 0.05) is 30.3 Å². The van der Waals surface area contributed by atoms with Crippen LogP contribution < -0.4 is 15.8 Å². The van der Waals surface area contributed by atoms with Gasteiger partial charge in [-0.25, -0.2) is 0 Å². The first-order valence-electron chi connectivity index (χ1n) is 7.83. The minimum atomic E-state index is -0.273. The molecule has 0 saturated carbocycles. The average Bonchev–Trinajstić information content (AvgIpc) is 2.56. The molecule has 0 saturated heterocycles. The van der Waals surface area contributed by atoms with Crippen molar-refractivity contribution in [2.45, 2.75) is 6.92 Å². The lowest BCUT2D eigenvalue weighted by Crippen LogP contribution is -2.13. The largest absolute Gasteiger partial charge is 0.492 e. The number of carbonyl (C=O) groups excluding carboxylic acids is 1. The smallest absolute Gasteiger partial charge is 0.248 e. The number of nitrogens with zero attached hydrogens (tertiary/aromatic N) is 3. The molecule has 2 rings (SSSR count). The van der Waals surface area contributed by atoms with Crippen LogP contribution >= 0.6 is 0 Å². The van der Waals surface area contributed by atoms with Crippen molar-refractivity contribution in [1.82, 2.24) is 9.88 Å². The number of nitrogens with one attached hydrogen (secondary N) is 1. The molecule has 2 aromatic rings. The number of nitrogen functional groups attached to an aromatic ring is 1. The van der Waals surface area contributed by atoms with Crippen molar-refractivity contribution in [3.63, 3.8) is 0 Å². The Morgan fingerprint density at radius 1 is 1.48 bits per heavy atom. The third kappa shape index (κ3) is 4.46. The topological polar surface area (TPSA) is 104 Å². The fraction of sp³-hybridized carbons (Fsp3) is 0.278. The van der Waals surface area contributed by atoms with Crippen LogP contribution in [0, 0.1) is 11.3 Å². The van der Waals surface area contributed by atoms with Crippen LogP contribution in [-0.2, 0) is 4.79 Å². The van der Waals surface area contributed by atoms with E-state index < -0.39 is 0 Å². The van der Waals surface area contributed by atoms with Crippen LogP contribution in [0.1, 0.15) is 12.5 Å². The van der Waals surface area contributed by atoms with E-state index in [0.29, 0.717) is 46.7 Å². The van der Waals surface area contributed by atoms with E-state index in [0.717, 1.165) is 0 Å². The molecule has 0 spiro atoms. The highest BCUT2D eigenvalue weighted by Gasteiger charge is 2.13. The Balaban J connectivity index is 2.40. The number of aromatic nitrogens is 1. The standard InChI is InChI=1S/C18H21N5O2/c1-4-25-16-9-14-13(18(20)12(10-19)11-21-14)8-15(16)22-17(24)6-5-7-23(2)3/h5-6,8-9,11H,4,7H2,1-3H3,(H2,20,21)(H,22,24)/b6-5+. The van der Waals surface area contributed by atoms with Crippen LogP contribution in [0.4, 0.5) is 11.4 Å². The molecule has 130 valence electrons. The number of pyridine rings is 1. The zero-order valence-electron chi connectivity index (χ0n) is 14.5. The van der Waals surface area contributed by atoms with E-state index in [1.54, 1.807) is 18.2 Å². The van der Waals surface area contributed by atoms with Gasteiger partial charge in [-0.2, -0.15) is 5.26 Å². The van der Waals surface area contributed by atoms with Crippen LogP contribution in [0.25, 0.3) is 10.9 Å². The summed E-state index contributed by atoms with van der Waals surface area (Å²) in [6.45, 7) is 2.95. The molecule has 7 nitrogen and oxygen atoms in total. The minimum Gasteiger partial charge on any atom is -0.492 e. The Bertz CT molecular complexity index is 853. The van der Waals surface area contributed by atoms with Crippen molar-refractivity contribution < 1.29 is 9.53 Å². The van der Waals surface area contributed by atoms with Crippen molar-refractivity contribution in [3.05, 3.63) is 36.0 Å². The van der Waals surface area contributed by atoms with Gasteiger partial charge in [-0.1, -0.05) is 6.08 Å². The Morgan fingerprint density at radius 2 is 2.24 bits per heavy atom. The van der Waals surface area contributed by atoms with Gasteiger partial charge in [-0.05, 0) is 27.1 Å². The second kappa shape index (κ2) is 8.13. The van der Waals surface area contributed by atoms with E-state index >= 15 is 0 Å². The van der Waals surface area contributed by atoms with Gasteiger partial charge in [0.25, 0.3) is 0 Å². The number of hydrogen-bond donors (Lipinski definition) is 2. The number of fused-ring (bicyclic) bond motifs is 1. The number of anilines is 2. The average molecular weight is 339 g/mol. The maximum atomic E-state index is 12.1. The molecule has 0 atom stereocenters. The molecule has 0 radical (unpaired) electrons. The fourth-order valence-corrected chi connectivity index (χ4v) is 2.25. The highest BCUT2D eigenvalue weighted by Crippen LogP contribution is 2.33. The Hall–Kier alpha value is -3.11. The van der Waals surface area contributed by atoms with Gasteiger partial charge in [0.15, 0.2) is 0 Å². The molecular formula is C18H21N5O2. The molecule has 1 heterocycles. The minimum absolute atomic E-state index is 0.273. The zero-order valence-corrected chi connectivity index (χ0v) is 14.5. The molecule has 0 aliphatic rings. The quantitative estimate of drug-likeness (QED) is 0.781. The lowest BCUT2D eigenvalue weighted by Gasteiger charge is -2.13. The Labute approximate surface area is 146 Å². The third-order valence-corrected chi connectivity index (χ3v) is 3.43. The number of nitrogens with two attached hydrogens (primary N) is 1. The first kappa shape index (κ1) is 18.2. The number of nitriles is 1. The van der Waals surface area contributed by atoms with Gasteiger partial charge in [-0.3, -0.25) is 9.78 Å². The molecular weight excluding hydrogens is 318 g/mol. The van der Waals surface area contributed by atoms with Crippen LogP contribution in [0.15, 0.2) is 30.5 Å². The van der Waals surface area contributed by atoms with Crippen molar-refractivity contribution >= 4 is 28.2 Å². The van der Waals surface area contributed by atoms with Gasteiger partial charge in [0.05, 0.1) is 29.1 Å². The number of rotatable bonds is 6. The zero-order chi connectivity index (χ0) is 18.4. The lowest BCUT2D eigenvalue weighted by atomic mass is 10.1. The van der Waals surface area contributed by atoms with E-state index in [2.05, 4.69) is 10.3 Å². The normalized spacial score (nSPS) is 11.0. The Morgan fingerprint density at radius 3 is 2.88 bits per heavy atom. The summed E-state index contributed by atoms with van der Waals surface area (Å²) < 4.78 is 5.59. The number of carbonyl (C=O) groups is 1. The monoisotopic (exact) mass is 339 g/mol. The third-order valence-electron chi connectivity index (χ3n) is 3.43. The van der Waals surface area contributed by atoms with E-state index in [-0.39, 0.29) is 5.91 Å². The predicted molar refractivity (Wildman–Crippen MR) is 98.4 cm³/mol. The summed E-state index contributed by atoms with van der Waals surface area (Å²) in [4.78, 5) is 18.3. The molecule has 7 heteroatoms. The maximum absolute atomic E-state index is 12.1. The molecule has 0 fully saturated rings. The molecule has 3 N–H and O–H groups in total. The Kier molecular flexibility index (Phi) is 5.93. The molecule has 0 unspecified atom stereocenters. The van der Waals surface area contributed by atoms with E-state index in [4.69, 9.17) is 15.7 Å². The molecule has 1 aromatic carbocycles. The van der Waals surface area contributed by atoms with Crippen molar-refractivity contribution in [2.75, 3.05) is 38.3 Å². The summed E-state index contributed by atoms with van der Waals surface area (Å²) in [5, 5.41) is 12.5. The van der Waals surface area contributed by atoms with Gasteiger partial charge in [0.2, 0.25) is 5.91 Å². The summed E-state index contributed by atoms with van der Waals surface area (Å²) in [6.07, 6.45) is 4.66. The molecule has 0 aliphatic heterocycles. The fourth-order valence-electron chi connectivity index (χ4n) is 2.25. The molecule has 1 aromatic heterocycles. The van der Waals surface area contributed by atoms with Crippen molar-refractivity contribution in [1.29, 1.82) is 5.26 Å². The van der Waals surface area contributed by atoms with Crippen molar-refractivity contribution in [2.24, 2.45) is 0 Å². The lowest BCUT2D eigenvalue weighted by molar-refractivity contribution is -0.111. The molecule has 0 bridgehead atoms. The van der Waals surface area contributed by atoms with Crippen molar-refractivity contribution in [3.8, 4) is 11.8 Å². The van der Waals surface area contributed by atoms with E-state index in [9.17, 15) is 4.79 Å². The summed E-state index contributed by atoms with van der Waals surface area (Å²) >= 11 is 0. The highest BCUT2D eigenvalue weighted by molar-refractivity contribution is 6.04. The predicted octanol–water partition coefficient (Wildman–Crippen LogP) is 2.14. The SMILES string of the molecule is CCOc1cc2ncc(C#N)c(N)c2cc1NC(=O)/C=C/CN(C)C. The van der Waals surface area contributed by atoms with Gasteiger partial charge in [0.1, 0.15) is 11.8 Å².